The molecular weight excluding hydrogens is 462 g/mol. The van der Waals surface area contributed by atoms with Crippen LogP contribution in [0.2, 0.25) is 0 Å². The Hall–Kier alpha value is -4.32. The van der Waals surface area contributed by atoms with Gasteiger partial charge in [-0.3, -0.25) is 0 Å². The van der Waals surface area contributed by atoms with Crippen molar-refractivity contribution in [1.29, 1.82) is 0 Å². The molecule has 0 fully saturated rings. The summed E-state index contributed by atoms with van der Waals surface area (Å²) in [5.74, 6) is 3.90. The molecule has 0 aliphatic carbocycles. The van der Waals surface area contributed by atoms with Crippen molar-refractivity contribution in [2.45, 2.75) is 12.5 Å². The summed E-state index contributed by atoms with van der Waals surface area (Å²) in [6, 6.07) is 52.4. The van der Waals surface area contributed by atoms with E-state index >= 15 is 0 Å². The van der Waals surface area contributed by atoms with Gasteiger partial charge >= 0.3 is 0 Å². The predicted octanol–water partition coefficient (Wildman–Crippen LogP) is 5.50. The van der Waals surface area contributed by atoms with Crippen LogP contribution in [0.25, 0.3) is 0 Å². The molecule has 0 saturated carbocycles. The smallest absolute Gasteiger partial charge is 0.229 e. The van der Waals surface area contributed by atoms with E-state index in [-0.39, 0.29) is 6.04 Å². The standard InChI is InChI=1S/C35H29NSi/c1-5-16-30(17-6-1)36-27-25-29-15-13-14-24-34(29)35(36)26-28-37(31-18-7-2-8-19-31,32-20-9-3-10-21-32)33-22-11-4-12-23-33/h1-24,35H,25,27H2. The normalized spacial score (nSPS) is 14.8. The van der Waals surface area contributed by atoms with Crippen LogP contribution in [0.5, 0.6) is 0 Å². The van der Waals surface area contributed by atoms with E-state index in [0.29, 0.717) is 0 Å². The molecule has 2 heteroatoms. The lowest BCUT2D eigenvalue weighted by Gasteiger charge is -2.37. The molecule has 0 aromatic heterocycles. The van der Waals surface area contributed by atoms with Gasteiger partial charge in [-0.15, -0.1) is 5.54 Å². The van der Waals surface area contributed by atoms with Gasteiger partial charge in [-0.25, -0.2) is 0 Å². The summed E-state index contributed by atoms with van der Waals surface area (Å²) in [6.07, 6.45) is 1.03. The van der Waals surface area contributed by atoms with Crippen LogP contribution >= 0.6 is 0 Å². The van der Waals surface area contributed by atoms with Gasteiger partial charge in [0.15, 0.2) is 0 Å². The highest BCUT2D eigenvalue weighted by molar-refractivity contribution is 7.16. The van der Waals surface area contributed by atoms with E-state index in [2.05, 4.69) is 162 Å². The first-order valence-electron chi connectivity index (χ1n) is 12.9. The van der Waals surface area contributed by atoms with Gasteiger partial charge in [0.1, 0.15) is 6.04 Å². The van der Waals surface area contributed by atoms with Crippen molar-refractivity contribution in [1.82, 2.24) is 0 Å². The van der Waals surface area contributed by atoms with Crippen molar-refractivity contribution in [3.05, 3.63) is 157 Å². The highest BCUT2D eigenvalue weighted by Gasteiger charge is 2.39. The van der Waals surface area contributed by atoms with Gasteiger partial charge < -0.3 is 4.90 Å². The van der Waals surface area contributed by atoms with Gasteiger partial charge in [-0.1, -0.05) is 139 Å². The Morgan fingerprint density at radius 3 is 1.54 bits per heavy atom. The van der Waals surface area contributed by atoms with Gasteiger partial charge in [0.2, 0.25) is 8.07 Å². The number of fused-ring (bicyclic) bond motifs is 1. The summed E-state index contributed by atoms with van der Waals surface area (Å²) in [4.78, 5) is 2.48. The fourth-order valence-corrected chi connectivity index (χ4v) is 9.44. The molecule has 1 nitrogen and oxygen atoms in total. The van der Waals surface area contributed by atoms with Crippen molar-refractivity contribution in [3.8, 4) is 11.5 Å². The third-order valence-corrected chi connectivity index (χ3v) is 11.5. The summed E-state index contributed by atoms with van der Waals surface area (Å²) in [5.41, 5.74) is 7.99. The number of hydrogen-bond acceptors (Lipinski definition) is 1. The zero-order valence-electron chi connectivity index (χ0n) is 20.8. The number of hydrogen-bond donors (Lipinski definition) is 0. The summed E-state index contributed by atoms with van der Waals surface area (Å²) in [6.45, 7) is 0.955. The molecule has 0 spiro atoms. The molecule has 5 aromatic rings. The first-order valence-corrected chi connectivity index (χ1v) is 14.9. The molecule has 37 heavy (non-hydrogen) atoms. The Kier molecular flexibility index (Phi) is 6.46. The van der Waals surface area contributed by atoms with E-state index in [1.165, 1.54) is 32.4 Å². The molecule has 0 radical (unpaired) electrons. The Balaban J connectivity index is 1.60. The summed E-state index contributed by atoms with van der Waals surface area (Å²) >= 11 is 0. The fourth-order valence-electron chi connectivity index (χ4n) is 5.58. The van der Waals surface area contributed by atoms with Crippen molar-refractivity contribution < 1.29 is 0 Å². The lowest BCUT2D eigenvalue weighted by Crippen LogP contribution is -2.66. The molecule has 0 amide bonds. The van der Waals surface area contributed by atoms with E-state index in [0.717, 1.165) is 13.0 Å². The van der Waals surface area contributed by atoms with Crippen molar-refractivity contribution in [2.24, 2.45) is 0 Å². The fraction of sp³-hybridized carbons (Fsp3) is 0.0857. The topological polar surface area (TPSA) is 3.24 Å². The molecule has 0 bridgehead atoms. The minimum Gasteiger partial charge on any atom is -0.353 e. The minimum atomic E-state index is -2.65. The van der Waals surface area contributed by atoms with Gasteiger partial charge in [-0.05, 0) is 45.2 Å². The summed E-state index contributed by atoms with van der Waals surface area (Å²) in [5, 5.41) is 3.95. The zero-order chi connectivity index (χ0) is 24.9. The SMILES string of the molecule is C(#C[Si](c1ccccc1)(c1ccccc1)c1ccccc1)C1c2ccccc2CCN1c1ccccc1. The van der Waals surface area contributed by atoms with Crippen LogP contribution in [0.4, 0.5) is 5.69 Å². The lowest BCUT2D eigenvalue weighted by atomic mass is 9.92. The maximum Gasteiger partial charge on any atom is 0.229 e. The monoisotopic (exact) mass is 491 g/mol. The van der Waals surface area contributed by atoms with Crippen LogP contribution in [0, 0.1) is 11.5 Å². The Labute approximate surface area is 221 Å². The summed E-state index contributed by atoms with van der Waals surface area (Å²) < 4.78 is 0. The van der Waals surface area contributed by atoms with Crippen molar-refractivity contribution in [2.75, 3.05) is 11.4 Å². The Morgan fingerprint density at radius 2 is 1.00 bits per heavy atom. The third kappa shape index (κ3) is 4.39. The molecule has 1 aliphatic rings. The van der Waals surface area contributed by atoms with E-state index in [9.17, 15) is 0 Å². The van der Waals surface area contributed by atoms with E-state index in [4.69, 9.17) is 0 Å². The average molecular weight is 492 g/mol. The number of rotatable bonds is 4. The predicted molar refractivity (Wildman–Crippen MR) is 158 cm³/mol. The molecule has 1 atom stereocenters. The second-order valence-corrected chi connectivity index (χ2v) is 13.0. The highest BCUT2D eigenvalue weighted by Crippen LogP contribution is 2.33. The molecule has 6 rings (SSSR count). The van der Waals surface area contributed by atoms with Crippen molar-refractivity contribution >= 4 is 29.3 Å². The number of anilines is 1. The molecule has 1 aliphatic heterocycles. The Morgan fingerprint density at radius 1 is 0.541 bits per heavy atom. The molecule has 1 unspecified atom stereocenters. The zero-order valence-corrected chi connectivity index (χ0v) is 21.8. The number of para-hydroxylation sites is 1. The second-order valence-electron chi connectivity index (χ2n) is 9.50. The van der Waals surface area contributed by atoms with E-state index < -0.39 is 8.07 Å². The minimum absolute atomic E-state index is 0.00429. The first-order chi connectivity index (χ1) is 18.4. The maximum absolute atomic E-state index is 4.04. The maximum atomic E-state index is 4.04. The van der Waals surface area contributed by atoms with Crippen LogP contribution < -0.4 is 20.5 Å². The van der Waals surface area contributed by atoms with Crippen molar-refractivity contribution in [3.63, 3.8) is 0 Å². The first kappa shape index (κ1) is 23.1. The van der Waals surface area contributed by atoms with Crippen LogP contribution in [0.15, 0.2) is 146 Å². The van der Waals surface area contributed by atoms with Crippen LogP contribution in [0.3, 0.4) is 0 Å². The molecule has 5 aromatic carbocycles. The molecule has 178 valence electrons. The Bertz CT molecular complexity index is 1420. The van der Waals surface area contributed by atoms with E-state index in [1.54, 1.807) is 0 Å². The van der Waals surface area contributed by atoms with Gasteiger partial charge in [-0.2, -0.15) is 0 Å². The lowest BCUT2D eigenvalue weighted by molar-refractivity contribution is 0.682. The van der Waals surface area contributed by atoms with Gasteiger partial charge in [0.25, 0.3) is 0 Å². The number of benzene rings is 5. The van der Waals surface area contributed by atoms with E-state index in [1.807, 2.05) is 0 Å². The largest absolute Gasteiger partial charge is 0.353 e. The molecular formula is C35H29NSi. The quantitative estimate of drug-likeness (QED) is 0.182. The average Bonchev–Trinajstić information content (AvgIpc) is 2.99. The summed E-state index contributed by atoms with van der Waals surface area (Å²) in [7, 11) is -2.65. The second kappa shape index (κ2) is 10.3. The van der Waals surface area contributed by atoms with Crippen LogP contribution in [-0.2, 0) is 6.42 Å². The molecule has 1 heterocycles. The van der Waals surface area contributed by atoms with Gasteiger partial charge in [0, 0.05) is 12.2 Å². The highest BCUT2D eigenvalue weighted by atomic mass is 28.3. The molecule has 0 saturated heterocycles. The number of nitrogens with zero attached hydrogens (tertiary/aromatic N) is 1. The third-order valence-electron chi connectivity index (χ3n) is 7.39. The van der Waals surface area contributed by atoms with Crippen LogP contribution in [0.1, 0.15) is 17.2 Å². The van der Waals surface area contributed by atoms with Crippen LogP contribution in [-0.4, -0.2) is 14.6 Å². The van der Waals surface area contributed by atoms with Gasteiger partial charge in [0.05, 0.1) is 0 Å². The molecule has 0 N–H and O–H groups in total.